The Morgan fingerprint density at radius 1 is 0.917 bits per heavy atom. The second-order valence-electron chi connectivity index (χ2n) is 11.8. The Labute approximate surface area is 221 Å². The molecule has 0 aliphatic carbocycles. The van der Waals surface area contributed by atoms with Crippen LogP contribution in [0.25, 0.3) is 0 Å². The molecule has 0 radical (unpaired) electrons. The van der Waals surface area contributed by atoms with Gasteiger partial charge in [-0.15, -0.1) is 0 Å². The number of esters is 1. The zero-order chi connectivity index (χ0) is 27.9. The number of ether oxygens (including phenoxy) is 4. The molecule has 0 amide bonds. The SMILES string of the molecule is CO[C@@]1(C)OC(=O)[C@@H]([C@H](O)/C=C/[C@H](C)CCC[C@H](C)CO[Si](C(C)C)(C(C)C)C(C)C)O[C@]1(C)OC. The van der Waals surface area contributed by atoms with Gasteiger partial charge in [-0.1, -0.05) is 74.0 Å². The predicted molar refractivity (Wildman–Crippen MR) is 146 cm³/mol. The van der Waals surface area contributed by atoms with Crippen molar-refractivity contribution < 1.29 is 33.3 Å². The monoisotopic (exact) mass is 530 g/mol. The van der Waals surface area contributed by atoms with Gasteiger partial charge in [0, 0.05) is 27.8 Å². The number of rotatable bonds is 15. The van der Waals surface area contributed by atoms with Crippen molar-refractivity contribution in [3.63, 3.8) is 0 Å². The molecule has 0 unspecified atom stereocenters. The van der Waals surface area contributed by atoms with Gasteiger partial charge < -0.3 is 28.5 Å². The lowest BCUT2D eigenvalue weighted by Gasteiger charge is -2.48. The lowest BCUT2D eigenvalue weighted by atomic mass is 9.98. The molecule has 1 heterocycles. The third-order valence-electron chi connectivity index (χ3n) is 8.11. The van der Waals surface area contributed by atoms with Crippen molar-refractivity contribution in [2.45, 2.75) is 129 Å². The number of methoxy groups -OCH3 is 2. The summed E-state index contributed by atoms with van der Waals surface area (Å²) < 4.78 is 28.8. The largest absolute Gasteiger partial charge is 0.425 e. The standard InChI is InChI=1S/C28H54O7Si/c1-19(2)36(20(3)4,21(5)6)33-18-23(8)15-13-14-22(7)16-17-24(29)25-26(30)35-28(10,32-12)27(9,31-11)34-25/h16-17,19-25,29H,13-15,18H2,1-12H3/b17-16+/t22-,23+,24-,25-,27+,28+/m1/s1. The van der Waals surface area contributed by atoms with E-state index in [-0.39, 0.29) is 5.92 Å². The maximum absolute atomic E-state index is 12.5. The van der Waals surface area contributed by atoms with Crippen molar-refractivity contribution in [2.24, 2.45) is 11.8 Å². The van der Waals surface area contributed by atoms with Crippen molar-refractivity contribution in [1.29, 1.82) is 0 Å². The van der Waals surface area contributed by atoms with E-state index in [0.29, 0.717) is 22.5 Å². The Balaban J connectivity index is 2.59. The molecule has 1 saturated heterocycles. The van der Waals surface area contributed by atoms with Crippen LogP contribution in [-0.4, -0.2) is 64.0 Å². The van der Waals surface area contributed by atoms with Crippen LogP contribution in [0.5, 0.6) is 0 Å². The molecule has 0 aromatic heterocycles. The van der Waals surface area contributed by atoms with E-state index in [0.717, 1.165) is 25.9 Å². The topological polar surface area (TPSA) is 83.5 Å². The summed E-state index contributed by atoms with van der Waals surface area (Å²) in [7, 11) is 1.03. The number of aliphatic hydroxyl groups is 1. The van der Waals surface area contributed by atoms with Gasteiger partial charge in [-0.2, -0.15) is 0 Å². The number of cyclic esters (lactones) is 1. The first-order valence-corrected chi connectivity index (χ1v) is 15.7. The molecule has 1 N–H and O–H groups in total. The summed E-state index contributed by atoms with van der Waals surface area (Å²) in [5, 5.41) is 10.6. The minimum atomic E-state index is -1.83. The summed E-state index contributed by atoms with van der Waals surface area (Å²) in [5.41, 5.74) is 1.78. The van der Waals surface area contributed by atoms with Gasteiger partial charge in [0.25, 0.3) is 5.79 Å². The summed E-state index contributed by atoms with van der Waals surface area (Å²) in [5.74, 6) is -2.69. The van der Waals surface area contributed by atoms with Crippen LogP contribution in [0.2, 0.25) is 16.6 Å². The van der Waals surface area contributed by atoms with E-state index in [1.165, 1.54) is 14.2 Å². The molecule has 1 rings (SSSR count). The van der Waals surface area contributed by atoms with Crippen LogP contribution in [0.1, 0.15) is 88.5 Å². The van der Waals surface area contributed by atoms with Gasteiger partial charge >= 0.3 is 5.97 Å². The zero-order valence-corrected chi connectivity index (χ0v) is 25.9. The molecule has 36 heavy (non-hydrogen) atoms. The van der Waals surface area contributed by atoms with E-state index in [2.05, 4.69) is 55.4 Å². The smallest absolute Gasteiger partial charge is 0.341 e. The molecule has 0 aromatic carbocycles. The number of hydrogen-bond donors (Lipinski definition) is 1. The first-order valence-electron chi connectivity index (χ1n) is 13.6. The van der Waals surface area contributed by atoms with E-state index < -0.39 is 38.1 Å². The molecule has 0 aromatic rings. The van der Waals surface area contributed by atoms with Crippen LogP contribution in [0, 0.1) is 11.8 Å². The first-order chi connectivity index (χ1) is 16.6. The van der Waals surface area contributed by atoms with E-state index in [1.54, 1.807) is 19.9 Å². The van der Waals surface area contributed by atoms with Gasteiger partial charge in [0.2, 0.25) is 5.79 Å². The molecular weight excluding hydrogens is 476 g/mol. The highest BCUT2D eigenvalue weighted by Gasteiger charge is 2.58. The first kappa shape index (κ1) is 33.3. The molecule has 8 heteroatoms. The highest BCUT2D eigenvalue weighted by molar-refractivity contribution is 6.77. The van der Waals surface area contributed by atoms with E-state index in [4.69, 9.17) is 23.4 Å². The quantitative estimate of drug-likeness (QED) is 0.153. The molecule has 7 nitrogen and oxygen atoms in total. The molecule has 0 bridgehead atoms. The van der Waals surface area contributed by atoms with E-state index >= 15 is 0 Å². The summed E-state index contributed by atoms with van der Waals surface area (Å²) in [6, 6.07) is 0. The predicted octanol–water partition coefficient (Wildman–Crippen LogP) is 6.21. The van der Waals surface area contributed by atoms with Crippen LogP contribution in [0.15, 0.2) is 12.2 Å². The lowest BCUT2D eigenvalue weighted by molar-refractivity contribution is -0.409. The molecule has 6 atom stereocenters. The van der Waals surface area contributed by atoms with Crippen molar-refractivity contribution >= 4 is 14.3 Å². The summed E-state index contributed by atoms with van der Waals surface area (Å²) in [6.07, 6.45) is 4.37. The molecular formula is C28H54O7Si. The van der Waals surface area contributed by atoms with Gasteiger partial charge in [0.05, 0.1) is 0 Å². The van der Waals surface area contributed by atoms with Gasteiger partial charge in [-0.3, -0.25) is 0 Å². The van der Waals surface area contributed by atoms with Crippen LogP contribution < -0.4 is 0 Å². The molecule has 1 fully saturated rings. The number of hydrogen-bond acceptors (Lipinski definition) is 7. The van der Waals surface area contributed by atoms with Crippen LogP contribution in [-0.2, 0) is 28.2 Å². The van der Waals surface area contributed by atoms with Crippen molar-refractivity contribution in [3.8, 4) is 0 Å². The normalized spacial score (nSPS) is 28.2. The third-order valence-corrected chi connectivity index (χ3v) is 14.2. The van der Waals surface area contributed by atoms with Crippen LogP contribution in [0.3, 0.4) is 0 Å². The second-order valence-corrected chi connectivity index (χ2v) is 17.2. The van der Waals surface area contributed by atoms with Crippen molar-refractivity contribution in [2.75, 3.05) is 20.8 Å². The fourth-order valence-corrected chi connectivity index (χ4v) is 11.1. The Hall–Kier alpha value is -0.773. The van der Waals surface area contributed by atoms with Crippen LogP contribution in [0.4, 0.5) is 0 Å². The molecule has 1 aliphatic rings. The molecule has 212 valence electrons. The van der Waals surface area contributed by atoms with E-state index in [1.807, 2.05) is 6.08 Å². The van der Waals surface area contributed by atoms with E-state index in [9.17, 15) is 9.90 Å². The highest BCUT2D eigenvalue weighted by atomic mass is 28.4. The Morgan fingerprint density at radius 2 is 1.44 bits per heavy atom. The number of aliphatic hydroxyl groups excluding tert-OH is 1. The fraction of sp³-hybridized carbons (Fsp3) is 0.893. The maximum Gasteiger partial charge on any atom is 0.341 e. The minimum Gasteiger partial charge on any atom is -0.425 e. The average molecular weight is 531 g/mol. The van der Waals surface area contributed by atoms with Crippen molar-refractivity contribution in [3.05, 3.63) is 12.2 Å². The summed E-state index contributed by atoms with van der Waals surface area (Å²) in [6.45, 7) is 22.3. The van der Waals surface area contributed by atoms with Gasteiger partial charge in [-0.05, 0) is 48.2 Å². The van der Waals surface area contributed by atoms with Gasteiger partial charge in [0.15, 0.2) is 14.4 Å². The summed E-state index contributed by atoms with van der Waals surface area (Å²) in [4.78, 5) is 12.5. The Morgan fingerprint density at radius 3 is 1.92 bits per heavy atom. The Bertz CT molecular complexity index is 688. The number of carbonyl (C=O) groups excluding carboxylic acids is 1. The second kappa shape index (κ2) is 13.9. The molecule has 1 aliphatic heterocycles. The molecule has 0 saturated carbocycles. The number of allylic oxidation sites excluding steroid dienone is 1. The van der Waals surface area contributed by atoms with Gasteiger partial charge in [-0.25, -0.2) is 4.79 Å². The zero-order valence-electron chi connectivity index (χ0n) is 24.9. The number of carbonyl (C=O) groups is 1. The van der Waals surface area contributed by atoms with Crippen LogP contribution >= 0.6 is 0 Å². The van der Waals surface area contributed by atoms with Crippen molar-refractivity contribution in [1.82, 2.24) is 0 Å². The Kier molecular flexibility index (Phi) is 12.8. The average Bonchev–Trinajstić information content (AvgIpc) is 2.79. The molecule has 0 spiro atoms. The van der Waals surface area contributed by atoms with Gasteiger partial charge in [0.1, 0.15) is 6.10 Å². The minimum absolute atomic E-state index is 0.251. The lowest BCUT2D eigenvalue weighted by Crippen LogP contribution is -2.65. The highest BCUT2D eigenvalue weighted by Crippen LogP contribution is 2.42. The summed E-state index contributed by atoms with van der Waals surface area (Å²) >= 11 is 0. The maximum atomic E-state index is 12.5. The fourth-order valence-electron chi connectivity index (χ4n) is 5.57. The third kappa shape index (κ3) is 7.64.